The largest absolute Gasteiger partial charge is 0.348 e. The molecular formula is C24H31N3O2. The lowest BCUT2D eigenvalue weighted by Crippen LogP contribution is -2.56. The minimum atomic E-state index is -0.558. The van der Waals surface area contributed by atoms with Gasteiger partial charge in [0.2, 0.25) is 11.8 Å². The number of carbonyl (C=O) groups excluding carboxylic acids is 2. The van der Waals surface area contributed by atoms with E-state index in [-0.39, 0.29) is 29.8 Å². The van der Waals surface area contributed by atoms with Crippen LogP contribution in [-0.4, -0.2) is 23.9 Å². The van der Waals surface area contributed by atoms with Crippen LogP contribution in [0.25, 0.3) is 0 Å². The quantitative estimate of drug-likeness (QED) is 0.677. The van der Waals surface area contributed by atoms with E-state index in [1.165, 1.54) is 11.1 Å². The van der Waals surface area contributed by atoms with Crippen molar-refractivity contribution in [2.45, 2.75) is 58.3 Å². The van der Waals surface area contributed by atoms with Gasteiger partial charge >= 0.3 is 0 Å². The summed E-state index contributed by atoms with van der Waals surface area (Å²) in [6.45, 7) is 6.66. The fourth-order valence-electron chi connectivity index (χ4n) is 3.72. The number of fused-ring (bicyclic) bond motifs is 1. The Kier molecular flexibility index (Phi) is 7.04. The van der Waals surface area contributed by atoms with Crippen molar-refractivity contribution in [3.8, 4) is 0 Å². The highest BCUT2D eigenvalue weighted by Gasteiger charge is 2.31. The molecule has 5 nitrogen and oxygen atoms in total. The molecule has 2 aromatic carbocycles. The highest BCUT2D eigenvalue weighted by Crippen LogP contribution is 2.18. The number of amides is 2. The van der Waals surface area contributed by atoms with Crippen molar-refractivity contribution in [1.29, 1.82) is 0 Å². The molecule has 0 radical (unpaired) electrons. The second-order valence-electron chi connectivity index (χ2n) is 7.92. The van der Waals surface area contributed by atoms with Gasteiger partial charge in [0.05, 0.1) is 12.1 Å². The molecule has 0 aliphatic carbocycles. The predicted molar refractivity (Wildman–Crippen MR) is 115 cm³/mol. The Labute approximate surface area is 173 Å². The molecule has 5 heteroatoms. The summed E-state index contributed by atoms with van der Waals surface area (Å²) in [5.74, 6) is -0.217. The van der Waals surface area contributed by atoms with Gasteiger partial charge in [-0.3, -0.25) is 9.59 Å². The SMILES string of the molecule is CC[C@@H](C)[C@H](NC(=O)[C@@H]1Cc2ccccc2CN1)C(=O)N[C@@H](C)c1ccccc1. The van der Waals surface area contributed by atoms with Gasteiger partial charge in [-0.2, -0.15) is 0 Å². The van der Waals surface area contributed by atoms with Crippen molar-refractivity contribution >= 4 is 11.8 Å². The summed E-state index contributed by atoms with van der Waals surface area (Å²) in [7, 11) is 0. The average Bonchev–Trinajstić information content (AvgIpc) is 2.76. The van der Waals surface area contributed by atoms with Crippen LogP contribution in [0.2, 0.25) is 0 Å². The Hall–Kier alpha value is -2.66. The molecule has 1 heterocycles. The van der Waals surface area contributed by atoms with Crippen LogP contribution in [0.1, 0.15) is 49.9 Å². The lowest BCUT2D eigenvalue weighted by molar-refractivity contribution is -0.131. The number of carbonyl (C=O) groups is 2. The first-order valence-electron chi connectivity index (χ1n) is 10.5. The fraction of sp³-hybridized carbons (Fsp3) is 0.417. The van der Waals surface area contributed by atoms with E-state index < -0.39 is 6.04 Å². The van der Waals surface area contributed by atoms with E-state index >= 15 is 0 Å². The number of nitrogens with one attached hydrogen (secondary N) is 3. The van der Waals surface area contributed by atoms with Crippen LogP contribution in [0.4, 0.5) is 0 Å². The van der Waals surface area contributed by atoms with Crippen LogP contribution < -0.4 is 16.0 Å². The Morgan fingerprint density at radius 3 is 2.34 bits per heavy atom. The molecule has 154 valence electrons. The average molecular weight is 394 g/mol. The highest BCUT2D eigenvalue weighted by atomic mass is 16.2. The maximum Gasteiger partial charge on any atom is 0.243 e. The van der Waals surface area contributed by atoms with E-state index in [4.69, 9.17) is 0 Å². The second-order valence-corrected chi connectivity index (χ2v) is 7.92. The third kappa shape index (κ3) is 5.24. The van der Waals surface area contributed by atoms with Crippen molar-refractivity contribution in [3.63, 3.8) is 0 Å². The monoisotopic (exact) mass is 393 g/mol. The first kappa shape index (κ1) is 21.1. The van der Waals surface area contributed by atoms with Crippen LogP contribution in [-0.2, 0) is 22.6 Å². The zero-order valence-corrected chi connectivity index (χ0v) is 17.4. The van der Waals surface area contributed by atoms with E-state index in [1.807, 2.05) is 63.2 Å². The summed E-state index contributed by atoms with van der Waals surface area (Å²) in [4.78, 5) is 25.9. The molecule has 0 fully saturated rings. The molecule has 0 saturated carbocycles. The number of hydrogen-bond donors (Lipinski definition) is 3. The first-order valence-corrected chi connectivity index (χ1v) is 10.5. The van der Waals surface area contributed by atoms with E-state index in [1.54, 1.807) is 0 Å². The predicted octanol–water partition coefficient (Wildman–Crippen LogP) is 3.11. The lowest BCUT2D eigenvalue weighted by Gasteiger charge is -2.30. The van der Waals surface area contributed by atoms with Crippen molar-refractivity contribution in [2.24, 2.45) is 5.92 Å². The second kappa shape index (κ2) is 9.70. The van der Waals surface area contributed by atoms with Crippen LogP contribution in [0.5, 0.6) is 0 Å². The maximum absolute atomic E-state index is 13.0. The summed E-state index contributed by atoms with van der Waals surface area (Å²) in [5.41, 5.74) is 3.46. The first-order chi connectivity index (χ1) is 14.0. The Balaban J connectivity index is 1.66. The molecule has 0 saturated heterocycles. The number of rotatable bonds is 7. The van der Waals surface area contributed by atoms with Crippen LogP contribution in [0.3, 0.4) is 0 Å². The smallest absolute Gasteiger partial charge is 0.243 e. The molecule has 3 N–H and O–H groups in total. The summed E-state index contributed by atoms with van der Waals surface area (Å²) in [6.07, 6.45) is 1.44. The van der Waals surface area contributed by atoms with Gasteiger partial charge in [0.1, 0.15) is 6.04 Å². The van der Waals surface area contributed by atoms with Crippen molar-refractivity contribution in [1.82, 2.24) is 16.0 Å². The summed E-state index contributed by atoms with van der Waals surface area (Å²) in [5, 5.41) is 9.37. The molecule has 0 spiro atoms. The van der Waals surface area contributed by atoms with Crippen molar-refractivity contribution in [2.75, 3.05) is 0 Å². The minimum Gasteiger partial charge on any atom is -0.348 e. The molecule has 29 heavy (non-hydrogen) atoms. The summed E-state index contributed by atoms with van der Waals surface area (Å²) >= 11 is 0. The Morgan fingerprint density at radius 2 is 1.66 bits per heavy atom. The number of hydrogen-bond acceptors (Lipinski definition) is 3. The molecule has 1 aliphatic heterocycles. The van der Waals surface area contributed by atoms with Gasteiger partial charge in [0.25, 0.3) is 0 Å². The van der Waals surface area contributed by atoms with E-state index in [0.717, 1.165) is 12.0 Å². The molecule has 0 bridgehead atoms. The zero-order valence-electron chi connectivity index (χ0n) is 17.4. The Morgan fingerprint density at radius 1 is 1.00 bits per heavy atom. The molecule has 1 aliphatic rings. The minimum absolute atomic E-state index is 0.0396. The van der Waals surface area contributed by atoms with Gasteiger partial charge in [-0.25, -0.2) is 0 Å². The van der Waals surface area contributed by atoms with Gasteiger partial charge in [-0.05, 0) is 36.0 Å². The van der Waals surface area contributed by atoms with Crippen molar-refractivity contribution < 1.29 is 9.59 Å². The van der Waals surface area contributed by atoms with Crippen LogP contribution in [0, 0.1) is 5.92 Å². The van der Waals surface area contributed by atoms with Gasteiger partial charge in [0.15, 0.2) is 0 Å². The lowest BCUT2D eigenvalue weighted by atomic mass is 9.94. The summed E-state index contributed by atoms with van der Waals surface area (Å²) in [6, 6.07) is 17.0. The summed E-state index contributed by atoms with van der Waals surface area (Å²) < 4.78 is 0. The molecule has 4 atom stereocenters. The van der Waals surface area contributed by atoms with E-state index in [9.17, 15) is 9.59 Å². The van der Waals surface area contributed by atoms with Gasteiger partial charge in [0, 0.05) is 6.54 Å². The van der Waals surface area contributed by atoms with Gasteiger partial charge in [-0.15, -0.1) is 0 Å². The standard InChI is InChI=1S/C24H31N3O2/c1-4-16(2)22(24(29)26-17(3)18-10-6-5-7-11-18)27-23(28)21-14-19-12-8-9-13-20(19)15-25-21/h5-13,16-17,21-22,25H,4,14-15H2,1-3H3,(H,26,29)(H,27,28)/t16-,17+,21+,22+/m1/s1. The molecule has 2 amide bonds. The van der Waals surface area contributed by atoms with Crippen molar-refractivity contribution in [3.05, 3.63) is 71.3 Å². The van der Waals surface area contributed by atoms with Gasteiger partial charge < -0.3 is 16.0 Å². The fourth-order valence-corrected chi connectivity index (χ4v) is 3.72. The van der Waals surface area contributed by atoms with E-state index in [2.05, 4.69) is 28.1 Å². The maximum atomic E-state index is 13.0. The molecule has 0 aromatic heterocycles. The third-order valence-electron chi connectivity index (χ3n) is 5.85. The van der Waals surface area contributed by atoms with E-state index in [0.29, 0.717) is 13.0 Å². The molecular weight excluding hydrogens is 362 g/mol. The Bertz CT molecular complexity index is 837. The number of benzene rings is 2. The molecule has 0 unspecified atom stereocenters. The third-order valence-corrected chi connectivity index (χ3v) is 5.85. The molecule has 3 rings (SSSR count). The molecule has 2 aromatic rings. The zero-order chi connectivity index (χ0) is 20.8. The normalized spacial score (nSPS) is 18.8. The van der Waals surface area contributed by atoms with Gasteiger partial charge in [-0.1, -0.05) is 74.9 Å². The topological polar surface area (TPSA) is 70.2 Å². The van der Waals surface area contributed by atoms with Crippen LogP contribution >= 0.6 is 0 Å². The van der Waals surface area contributed by atoms with Crippen LogP contribution in [0.15, 0.2) is 54.6 Å². The highest BCUT2D eigenvalue weighted by molar-refractivity contribution is 5.90.